The molecule has 7 nitrogen and oxygen atoms in total. The van der Waals surface area contributed by atoms with Crippen LogP contribution in [-0.4, -0.2) is 62.1 Å². The van der Waals surface area contributed by atoms with E-state index in [1.807, 2.05) is 18.2 Å². The van der Waals surface area contributed by atoms with Crippen molar-refractivity contribution in [3.63, 3.8) is 0 Å². The Kier molecular flexibility index (Phi) is 5.15. The second-order valence-corrected chi connectivity index (χ2v) is 10.1. The number of hydrogen-bond acceptors (Lipinski definition) is 5. The summed E-state index contributed by atoms with van der Waals surface area (Å²) in [5, 5.41) is 0. The van der Waals surface area contributed by atoms with E-state index < -0.39 is 15.6 Å². The summed E-state index contributed by atoms with van der Waals surface area (Å²) in [7, 11) is -0.599. The van der Waals surface area contributed by atoms with Crippen molar-refractivity contribution in [2.75, 3.05) is 27.2 Å². The maximum absolute atomic E-state index is 12.9. The second-order valence-electron chi connectivity index (χ2n) is 7.99. The number of piperidine rings is 1. The van der Waals surface area contributed by atoms with E-state index in [1.165, 1.54) is 26.2 Å². The summed E-state index contributed by atoms with van der Waals surface area (Å²) >= 11 is 0. The number of para-hydroxylation sites is 1. The molecule has 158 valence electrons. The average molecular weight is 429 g/mol. The molecule has 0 atom stereocenters. The quantitative estimate of drug-likeness (QED) is 0.750. The summed E-state index contributed by atoms with van der Waals surface area (Å²) in [5.41, 5.74) is 0.496. The Bertz CT molecular complexity index is 1080. The standard InChI is InChI=1S/C22H24N2O5S/c1-23(2)30(27,28)17-9-7-16(8-10-17)21(26)24-13-11-22(12-14-24)15-19(25)18-5-3-4-6-20(18)29-22/h3-10H,11-15H2,1-2H3. The molecule has 1 spiro atoms. The van der Waals surface area contributed by atoms with Crippen molar-refractivity contribution >= 4 is 21.7 Å². The summed E-state index contributed by atoms with van der Waals surface area (Å²) in [4.78, 5) is 27.3. The Morgan fingerprint density at radius 2 is 1.67 bits per heavy atom. The summed E-state index contributed by atoms with van der Waals surface area (Å²) in [6, 6.07) is 13.3. The Hall–Kier alpha value is -2.71. The fraction of sp³-hybridized carbons (Fsp3) is 0.364. The van der Waals surface area contributed by atoms with Crippen LogP contribution in [0.25, 0.3) is 0 Å². The molecule has 2 aliphatic rings. The fourth-order valence-electron chi connectivity index (χ4n) is 4.00. The van der Waals surface area contributed by atoms with Gasteiger partial charge < -0.3 is 9.64 Å². The Balaban J connectivity index is 1.45. The molecule has 2 heterocycles. The maximum Gasteiger partial charge on any atom is 0.253 e. The number of fused-ring (bicyclic) bond motifs is 1. The fourth-order valence-corrected chi connectivity index (χ4v) is 4.90. The second kappa shape index (κ2) is 7.52. The smallest absolute Gasteiger partial charge is 0.253 e. The zero-order chi connectivity index (χ0) is 21.5. The molecule has 2 aromatic carbocycles. The van der Waals surface area contributed by atoms with E-state index in [1.54, 1.807) is 23.1 Å². The predicted octanol–water partition coefficient (Wildman–Crippen LogP) is 2.58. The molecule has 0 N–H and O–H groups in total. The van der Waals surface area contributed by atoms with Gasteiger partial charge in [-0.25, -0.2) is 12.7 Å². The van der Waals surface area contributed by atoms with Crippen molar-refractivity contribution in [3.05, 3.63) is 59.7 Å². The zero-order valence-electron chi connectivity index (χ0n) is 17.0. The first-order valence-electron chi connectivity index (χ1n) is 9.85. The number of carbonyl (C=O) groups excluding carboxylic acids is 2. The number of carbonyl (C=O) groups is 2. The largest absolute Gasteiger partial charge is 0.486 e. The van der Waals surface area contributed by atoms with Gasteiger partial charge in [-0.15, -0.1) is 0 Å². The van der Waals surface area contributed by atoms with Crippen LogP contribution in [0.5, 0.6) is 5.75 Å². The van der Waals surface area contributed by atoms with E-state index in [-0.39, 0.29) is 16.6 Å². The topological polar surface area (TPSA) is 84.0 Å². The molecule has 1 fully saturated rings. The van der Waals surface area contributed by atoms with E-state index in [0.717, 1.165) is 4.31 Å². The van der Waals surface area contributed by atoms with E-state index in [4.69, 9.17) is 4.74 Å². The van der Waals surface area contributed by atoms with Gasteiger partial charge in [0, 0.05) is 45.6 Å². The van der Waals surface area contributed by atoms with Crippen molar-refractivity contribution in [1.29, 1.82) is 0 Å². The molecule has 4 rings (SSSR count). The van der Waals surface area contributed by atoms with E-state index in [9.17, 15) is 18.0 Å². The van der Waals surface area contributed by atoms with E-state index in [0.29, 0.717) is 49.2 Å². The number of ether oxygens (including phenoxy) is 1. The molecule has 0 saturated carbocycles. The molecule has 30 heavy (non-hydrogen) atoms. The number of amides is 1. The molecule has 2 aromatic rings. The number of sulfonamides is 1. The van der Waals surface area contributed by atoms with Crippen molar-refractivity contribution in [2.24, 2.45) is 0 Å². The summed E-state index contributed by atoms with van der Waals surface area (Å²) in [6.07, 6.45) is 1.47. The Morgan fingerprint density at radius 1 is 1.03 bits per heavy atom. The van der Waals surface area contributed by atoms with Crippen LogP contribution >= 0.6 is 0 Å². The van der Waals surface area contributed by atoms with Crippen molar-refractivity contribution in [1.82, 2.24) is 9.21 Å². The first-order valence-corrected chi connectivity index (χ1v) is 11.3. The van der Waals surface area contributed by atoms with Crippen molar-refractivity contribution in [3.8, 4) is 5.75 Å². The van der Waals surface area contributed by atoms with Gasteiger partial charge in [0.05, 0.1) is 16.9 Å². The highest BCUT2D eigenvalue weighted by Crippen LogP contribution is 2.39. The highest BCUT2D eigenvalue weighted by Gasteiger charge is 2.43. The third kappa shape index (κ3) is 3.61. The molecular weight excluding hydrogens is 404 g/mol. The molecule has 0 aromatic heterocycles. The number of likely N-dealkylation sites (tertiary alicyclic amines) is 1. The number of benzene rings is 2. The number of Topliss-reactive ketones (excluding diaryl/α,β-unsaturated/α-hetero) is 1. The first kappa shape index (κ1) is 20.6. The van der Waals surface area contributed by atoms with Crippen LogP contribution in [0.3, 0.4) is 0 Å². The van der Waals surface area contributed by atoms with Gasteiger partial charge in [0.25, 0.3) is 5.91 Å². The van der Waals surface area contributed by atoms with Gasteiger partial charge in [-0.2, -0.15) is 0 Å². The first-order chi connectivity index (χ1) is 14.2. The van der Waals surface area contributed by atoms with Crippen LogP contribution in [0.1, 0.15) is 40.0 Å². The number of rotatable bonds is 3. The molecule has 2 aliphatic heterocycles. The lowest BCUT2D eigenvalue weighted by Crippen LogP contribution is -2.52. The summed E-state index contributed by atoms with van der Waals surface area (Å²) in [5.74, 6) is 0.543. The highest BCUT2D eigenvalue weighted by molar-refractivity contribution is 7.89. The molecule has 0 unspecified atom stereocenters. The number of nitrogens with zero attached hydrogens (tertiary/aromatic N) is 2. The summed E-state index contributed by atoms with van der Waals surface area (Å²) in [6.45, 7) is 0.956. The van der Waals surface area contributed by atoms with E-state index in [2.05, 4.69) is 0 Å². The summed E-state index contributed by atoms with van der Waals surface area (Å²) < 4.78 is 31.7. The zero-order valence-corrected chi connectivity index (χ0v) is 17.8. The van der Waals surface area contributed by atoms with Crippen LogP contribution in [0.15, 0.2) is 53.4 Å². The predicted molar refractivity (Wildman–Crippen MR) is 111 cm³/mol. The number of hydrogen-bond donors (Lipinski definition) is 0. The monoisotopic (exact) mass is 428 g/mol. The Labute approximate surface area is 176 Å². The normalized spacial score (nSPS) is 18.2. The SMILES string of the molecule is CN(C)S(=O)(=O)c1ccc(C(=O)N2CCC3(CC2)CC(=O)c2ccccc2O3)cc1. The van der Waals surface area contributed by atoms with Crippen molar-refractivity contribution < 1.29 is 22.7 Å². The van der Waals surface area contributed by atoms with Crippen LogP contribution < -0.4 is 4.74 Å². The molecule has 1 amide bonds. The van der Waals surface area contributed by atoms with Crippen LogP contribution in [0, 0.1) is 0 Å². The van der Waals surface area contributed by atoms with Crippen LogP contribution in [0.4, 0.5) is 0 Å². The molecule has 0 radical (unpaired) electrons. The van der Waals surface area contributed by atoms with Gasteiger partial charge >= 0.3 is 0 Å². The van der Waals surface area contributed by atoms with Crippen LogP contribution in [-0.2, 0) is 10.0 Å². The lowest BCUT2D eigenvalue weighted by atomic mass is 9.82. The van der Waals surface area contributed by atoms with Gasteiger partial charge in [-0.1, -0.05) is 12.1 Å². The lowest BCUT2D eigenvalue weighted by molar-refractivity contribution is -0.00571. The number of ketones is 1. The third-order valence-electron chi connectivity index (χ3n) is 5.84. The third-order valence-corrected chi connectivity index (χ3v) is 7.67. The maximum atomic E-state index is 12.9. The van der Waals surface area contributed by atoms with Gasteiger partial charge in [0.1, 0.15) is 11.4 Å². The Morgan fingerprint density at radius 3 is 2.30 bits per heavy atom. The minimum absolute atomic E-state index is 0.0781. The van der Waals surface area contributed by atoms with E-state index >= 15 is 0 Å². The molecule has 1 saturated heterocycles. The lowest BCUT2D eigenvalue weighted by Gasteiger charge is -2.44. The molecular formula is C22H24N2O5S. The van der Waals surface area contributed by atoms with Gasteiger partial charge in [-0.05, 0) is 36.4 Å². The van der Waals surface area contributed by atoms with Crippen LogP contribution in [0.2, 0.25) is 0 Å². The van der Waals surface area contributed by atoms with Gasteiger partial charge in [-0.3, -0.25) is 9.59 Å². The molecule has 0 bridgehead atoms. The van der Waals surface area contributed by atoms with Gasteiger partial charge in [0.15, 0.2) is 5.78 Å². The molecule has 8 heteroatoms. The van der Waals surface area contributed by atoms with Crippen molar-refractivity contribution in [2.45, 2.75) is 29.8 Å². The van der Waals surface area contributed by atoms with Gasteiger partial charge in [0.2, 0.25) is 10.0 Å². The minimum Gasteiger partial charge on any atom is -0.486 e. The molecule has 0 aliphatic carbocycles. The highest BCUT2D eigenvalue weighted by atomic mass is 32.2. The minimum atomic E-state index is -3.53. The average Bonchev–Trinajstić information content (AvgIpc) is 2.74.